The Balaban J connectivity index is 2.74. The maximum atomic E-state index is 11.3. The third-order valence-corrected chi connectivity index (χ3v) is 2.39. The maximum absolute atomic E-state index is 11.3. The summed E-state index contributed by atoms with van der Waals surface area (Å²) in [6.07, 6.45) is 1.85. The Hall–Kier alpha value is -1.49. The number of nitrogens with one attached hydrogen (secondary N) is 1. The molecule has 0 heterocycles. The van der Waals surface area contributed by atoms with Gasteiger partial charge in [0.15, 0.2) is 0 Å². The van der Waals surface area contributed by atoms with Gasteiger partial charge in [-0.3, -0.25) is 4.79 Å². The molecule has 1 aromatic rings. The van der Waals surface area contributed by atoms with E-state index in [4.69, 9.17) is 0 Å². The second-order valence-electron chi connectivity index (χ2n) is 3.05. The molecule has 1 rings (SSSR count). The van der Waals surface area contributed by atoms with Crippen molar-refractivity contribution < 1.29 is 14.3 Å². The Labute approximate surface area is 98.4 Å². The number of ether oxygens (including phenoxy) is 1. The molecule has 1 aromatic carbocycles. The second kappa shape index (κ2) is 6.17. The normalized spacial score (nSPS) is 9.62. The predicted molar refractivity (Wildman–Crippen MR) is 64.8 cm³/mol. The summed E-state index contributed by atoms with van der Waals surface area (Å²) in [4.78, 5) is 22.6. The average Bonchev–Trinajstić information content (AvgIpc) is 2.28. The summed E-state index contributed by atoms with van der Waals surface area (Å²) < 4.78 is 4.59. The van der Waals surface area contributed by atoms with Crippen LogP contribution in [0, 0.1) is 0 Å². The van der Waals surface area contributed by atoms with Gasteiger partial charge in [0.1, 0.15) is 0 Å². The van der Waals surface area contributed by atoms with Crippen molar-refractivity contribution in [2.75, 3.05) is 24.4 Å². The number of rotatable bonds is 4. The van der Waals surface area contributed by atoms with Gasteiger partial charge in [-0.05, 0) is 24.5 Å². The minimum atomic E-state index is -0.416. The van der Waals surface area contributed by atoms with Crippen LogP contribution in [-0.2, 0) is 9.53 Å². The van der Waals surface area contributed by atoms with Crippen LogP contribution in [0.25, 0.3) is 0 Å². The molecule has 0 radical (unpaired) electrons. The first-order valence-electron chi connectivity index (χ1n) is 4.64. The van der Waals surface area contributed by atoms with Crippen LogP contribution in [0.2, 0.25) is 0 Å². The SMILES string of the molecule is COC(=O)c1cccc(NC(=O)CSC)c1. The number of hydrogen-bond acceptors (Lipinski definition) is 4. The lowest BCUT2D eigenvalue weighted by Gasteiger charge is -2.05. The van der Waals surface area contributed by atoms with E-state index in [9.17, 15) is 9.59 Å². The molecule has 0 atom stereocenters. The zero-order chi connectivity index (χ0) is 12.0. The van der Waals surface area contributed by atoms with Crippen LogP contribution in [0.4, 0.5) is 5.69 Å². The Morgan fingerprint density at radius 3 is 2.81 bits per heavy atom. The smallest absolute Gasteiger partial charge is 0.337 e. The Morgan fingerprint density at radius 1 is 1.44 bits per heavy atom. The van der Waals surface area contributed by atoms with Crippen molar-refractivity contribution >= 4 is 29.3 Å². The molecule has 0 aromatic heterocycles. The standard InChI is InChI=1S/C11H13NO3S/c1-15-11(14)8-4-3-5-9(6-8)12-10(13)7-16-2/h3-6H,7H2,1-2H3,(H,12,13). The average molecular weight is 239 g/mol. The summed E-state index contributed by atoms with van der Waals surface area (Å²) in [5.41, 5.74) is 1.02. The fourth-order valence-electron chi connectivity index (χ4n) is 1.17. The van der Waals surface area contributed by atoms with Crippen molar-refractivity contribution in [3.05, 3.63) is 29.8 Å². The molecule has 0 saturated carbocycles. The summed E-state index contributed by atoms with van der Waals surface area (Å²) in [6.45, 7) is 0. The fourth-order valence-corrected chi connectivity index (χ4v) is 1.50. The van der Waals surface area contributed by atoms with E-state index in [-0.39, 0.29) is 5.91 Å². The van der Waals surface area contributed by atoms with Crippen LogP contribution in [-0.4, -0.2) is 31.0 Å². The van der Waals surface area contributed by atoms with Crippen LogP contribution < -0.4 is 5.32 Å². The lowest BCUT2D eigenvalue weighted by Crippen LogP contribution is -2.14. The maximum Gasteiger partial charge on any atom is 0.337 e. The van der Waals surface area contributed by atoms with Gasteiger partial charge in [-0.25, -0.2) is 4.79 Å². The van der Waals surface area contributed by atoms with Gasteiger partial charge in [0.25, 0.3) is 0 Å². The molecule has 1 N–H and O–H groups in total. The van der Waals surface area contributed by atoms with Gasteiger partial charge in [-0.15, -0.1) is 0 Å². The number of methoxy groups -OCH3 is 1. The van der Waals surface area contributed by atoms with Gasteiger partial charge in [0.05, 0.1) is 18.4 Å². The first-order valence-corrected chi connectivity index (χ1v) is 6.04. The van der Waals surface area contributed by atoms with Gasteiger partial charge in [0, 0.05) is 5.69 Å². The largest absolute Gasteiger partial charge is 0.465 e. The molecule has 0 saturated heterocycles. The molecule has 0 fully saturated rings. The van der Waals surface area contributed by atoms with Crippen LogP contribution in [0.15, 0.2) is 24.3 Å². The number of anilines is 1. The molecule has 0 aliphatic rings. The minimum Gasteiger partial charge on any atom is -0.465 e. The molecule has 0 spiro atoms. The van der Waals surface area contributed by atoms with E-state index < -0.39 is 5.97 Å². The number of carbonyl (C=O) groups is 2. The van der Waals surface area contributed by atoms with Crippen LogP contribution in [0.1, 0.15) is 10.4 Å². The lowest BCUT2D eigenvalue weighted by atomic mass is 10.2. The number of thioether (sulfide) groups is 1. The Kier molecular flexibility index (Phi) is 4.85. The van der Waals surface area contributed by atoms with Crippen molar-refractivity contribution in [3.8, 4) is 0 Å². The predicted octanol–water partition coefficient (Wildman–Crippen LogP) is 1.77. The molecular formula is C11H13NO3S. The second-order valence-corrected chi connectivity index (χ2v) is 3.92. The van der Waals surface area contributed by atoms with Crippen LogP contribution >= 0.6 is 11.8 Å². The number of hydrogen-bond donors (Lipinski definition) is 1. The van der Waals surface area contributed by atoms with E-state index in [2.05, 4.69) is 10.1 Å². The monoisotopic (exact) mass is 239 g/mol. The summed E-state index contributed by atoms with van der Waals surface area (Å²) in [5, 5.41) is 2.69. The van der Waals surface area contributed by atoms with E-state index >= 15 is 0 Å². The summed E-state index contributed by atoms with van der Waals surface area (Å²) >= 11 is 1.44. The zero-order valence-electron chi connectivity index (χ0n) is 9.15. The third-order valence-electron chi connectivity index (χ3n) is 1.84. The summed E-state index contributed by atoms with van der Waals surface area (Å²) in [5.74, 6) is -0.113. The summed E-state index contributed by atoms with van der Waals surface area (Å²) in [6, 6.07) is 6.64. The fraction of sp³-hybridized carbons (Fsp3) is 0.273. The molecule has 0 aliphatic carbocycles. The van der Waals surface area contributed by atoms with Gasteiger partial charge in [-0.2, -0.15) is 11.8 Å². The van der Waals surface area contributed by atoms with E-state index in [1.165, 1.54) is 18.9 Å². The zero-order valence-corrected chi connectivity index (χ0v) is 9.97. The van der Waals surface area contributed by atoms with E-state index in [0.29, 0.717) is 17.0 Å². The van der Waals surface area contributed by atoms with Crippen molar-refractivity contribution in [2.24, 2.45) is 0 Å². The van der Waals surface area contributed by atoms with E-state index in [0.717, 1.165) is 0 Å². The van der Waals surface area contributed by atoms with Crippen molar-refractivity contribution in [1.82, 2.24) is 0 Å². The first kappa shape index (κ1) is 12.6. The molecule has 1 amide bonds. The highest BCUT2D eigenvalue weighted by molar-refractivity contribution is 7.99. The Bertz CT molecular complexity index is 393. The van der Waals surface area contributed by atoms with Gasteiger partial charge in [-0.1, -0.05) is 6.07 Å². The van der Waals surface area contributed by atoms with Gasteiger partial charge >= 0.3 is 5.97 Å². The van der Waals surface area contributed by atoms with Crippen LogP contribution in [0.5, 0.6) is 0 Å². The number of amides is 1. The van der Waals surface area contributed by atoms with E-state index in [1.807, 2.05) is 6.26 Å². The molecule has 86 valence electrons. The summed E-state index contributed by atoms with van der Waals surface area (Å²) in [7, 11) is 1.32. The third kappa shape index (κ3) is 3.58. The molecule has 5 heteroatoms. The quantitative estimate of drug-likeness (QED) is 0.814. The molecule has 16 heavy (non-hydrogen) atoms. The number of carbonyl (C=O) groups excluding carboxylic acids is 2. The Morgan fingerprint density at radius 2 is 2.19 bits per heavy atom. The number of esters is 1. The highest BCUT2D eigenvalue weighted by Crippen LogP contribution is 2.11. The highest BCUT2D eigenvalue weighted by Gasteiger charge is 2.07. The van der Waals surface area contributed by atoms with Crippen molar-refractivity contribution in [2.45, 2.75) is 0 Å². The molecule has 4 nitrogen and oxygen atoms in total. The molecule has 0 bridgehead atoms. The van der Waals surface area contributed by atoms with Gasteiger partial charge in [0.2, 0.25) is 5.91 Å². The topological polar surface area (TPSA) is 55.4 Å². The first-order chi connectivity index (χ1) is 7.67. The minimum absolute atomic E-state index is 0.0884. The molecule has 0 unspecified atom stereocenters. The van der Waals surface area contributed by atoms with Crippen molar-refractivity contribution in [3.63, 3.8) is 0 Å². The van der Waals surface area contributed by atoms with Crippen LogP contribution in [0.3, 0.4) is 0 Å². The number of benzene rings is 1. The lowest BCUT2D eigenvalue weighted by molar-refractivity contribution is -0.113. The van der Waals surface area contributed by atoms with Crippen molar-refractivity contribution in [1.29, 1.82) is 0 Å². The van der Waals surface area contributed by atoms with E-state index in [1.54, 1.807) is 24.3 Å². The molecular weight excluding hydrogens is 226 g/mol. The molecule has 0 aliphatic heterocycles. The highest BCUT2D eigenvalue weighted by atomic mass is 32.2. The van der Waals surface area contributed by atoms with Gasteiger partial charge < -0.3 is 10.1 Å².